The number of aromatic nitrogens is 3. The molecule has 0 N–H and O–H groups in total. The summed E-state index contributed by atoms with van der Waals surface area (Å²) in [7, 11) is 0. The molecule has 0 aliphatic heterocycles. The van der Waals surface area contributed by atoms with E-state index in [2.05, 4.69) is 27.5 Å². The molecular formula is C13H13N3S. The fourth-order valence-electron chi connectivity index (χ4n) is 1.88. The van der Waals surface area contributed by atoms with Crippen molar-refractivity contribution in [2.75, 3.05) is 0 Å². The molecule has 0 bridgehead atoms. The smallest absolute Gasteiger partial charge is 0.196 e. The van der Waals surface area contributed by atoms with Crippen LogP contribution in [0.4, 0.5) is 0 Å². The molecule has 2 heterocycles. The fraction of sp³-hybridized carbons (Fsp3) is 0.231. The van der Waals surface area contributed by atoms with E-state index in [-0.39, 0.29) is 0 Å². The van der Waals surface area contributed by atoms with Crippen LogP contribution < -0.4 is 0 Å². The number of imidazole rings is 1. The minimum atomic E-state index is 0.989. The molecule has 2 aromatic heterocycles. The van der Waals surface area contributed by atoms with Crippen LogP contribution in [-0.4, -0.2) is 14.5 Å². The van der Waals surface area contributed by atoms with Crippen molar-refractivity contribution in [3.8, 4) is 5.13 Å². The maximum absolute atomic E-state index is 4.64. The third-order valence-corrected chi connectivity index (χ3v) is 3.72. The number of aryl methyl sites for hydroxylation is 1. The second kappa shape index (κ2) is 4.30. The summed E-state index contributed by atoms with van der Waals surface area (Å²) in [6.45, 7) is 2.16. The normalized spacial score (nSPS) is 11.1. The molecule has 4 heteroatoms. The van der Waals surface area contributed by atoms with E-state index in [0.29, 0.717) is 0 Å². The van der Waals surface area contributed by atoms with Crippen molar-refractivity contribution in [3.05, 3.63) is 42.5 Å². The number of hydrogen-bond donors (Lipinski definition) is 0. The molecule has 1 aromatic carbocycles. The summed E-state index contributed by atoms with van der Waals surface area (Å²) in [6.07, 6.45) is 5.92. The highest BCUT2D eigenvalue weighted by Gasteiger charge is 2.08. The van der Waals surface area contributed by atoms with Crippen LogP contribution in [0, 0.1) is 0 Å². The van der Waals surface area contributed by atoms with Crippen LogP contribution in [0.2, 0.25) is 0 Å². The number of nitrogens with zero attached hydrogens (tertiary/aromatic N) is 3. The third-order valence-electron chi connectivity index (χ3n) is 2.68. The number of fused-ring (bicyclic) bond motifs is 1. The summed E-state index contributed by atoms with van der Waals surface area (Å²) in [5.41, 5.74) is 1.06. The van der Waals surface area contributed by atoms with Gasteiger partial charge >= 0.3 is 0 Å². The number of rotatable bonds is 3. The molecule has 0 unspecified atom stereocenters. The van der Waals surface area contributed by atoms with Crippen molar-refractivity contribution in [3.63, 3.8) is 0 Å². The first-order chi connectivity index (χ1) is 8.38. The summed E-state index contributed by atoms with van der Waals surface area (Å²) >= 11 is 1.71. The quantitative estimate of drug-likeness (QED) is 0.705. The van der Waals surface area contributed by atoms with Crippen molar-refractivity contribution in [1.29, 1.82) is 0 Å². The largest absolute Gasteiger partial charge is 0.279 e. The predicted molar refractivity (Wildman–Crippen MR) is 70.7 cm³/mol. The molecule has 86 valence electrons. The van der Waals surface area contributed by atoms with Crippen molar-refractivity contribution in [1.82, 2.24) is 14.5 Å². The lowest BCUT2D eigenvalue weighted by atomic mass is 10.3. The number of thiazole rings is 1. The van der Waals surface area contributed by atoms with E-state index in [4.69, 9.17) is 0 Å². The zero-order valence-electron chi connectivity index (χ0n) is 9.63. The molecule has 0 amide bonds. The first-order valence-electron chi connectivity index (χ1n) is 5.76. The second-order valence-electron chi connectivity index (χ2n) is 3.93. The van der Waals surface area contributed by atoms with Crippen molar-refractivity contribution < 1.29 is 0 Å². The molecule has 0 radical (unpaired) electrons. The van der Waals surface area contributed by atoms with Gasteiger partial charge in [0.2, 0.25) is 0 Å². The van der Waals surface area contributed by atoms with E-state index in [1.807, 2.05) is 30.6 Å². The molecule has 0 spiro atoms. The van der Waals surface area contributed by atoms with Crippen LogP contribution in [0.3, 0.4) is 0 Å². The van der Waals surface area contributed by atoms with Gasteiger partial charge in [0.1, 0.15) is 5.82 Å². The Morgan fingerprint density at radius 3 is 3.00 bits per heavy atom. The maximum atomic E-state index is 4.64. The van der Waals surface area contributed by atoms with Crippen molar-refractivity contribution in [2.45, 2.75) is 19.8 Å². The third kappa shape index (κ3) is 1.85. The molecule has 3 rings (SSSR count). The number of benzene rings is 1. The van der Waals surface area contributed by atoms with E-state index >= 15 is 0 Å². The lowest BCUT2D eigenvalue weighted by Crippen LogP contribution is -1.99. The Balaban J connectivity index is 2.10. The highest BCUT2D eigenvalue weighted by molar-refractivity contribution is 7.20. The summed E-state index contributed by atoms with van der Waals surface area (Å²) < 4.78 is 3.31. The van der Waals surface area contributed by atoms with Gasteiger partial charge in [0.15, 0.2) is 5.13 Å². The zero-order valence-corrected chi connectivity index (χ0v) is 10.4. The second-order valence-corrected chi connectivity index (χ2v) is 4.94. The Morgan fingerprint density at radius 2 is 2.18 bits per heavy atom. The van der Waals surface area contributed by atoms with Crippen LogP contribution in [0.5, 0.6) is 0 Å². The van der Waals surface area contributed by atoms with Gasteiger partial charge in [-0.2, -0.15) is 0 Å². The molecule has 0 saturated carbocycles. The standard InChI is InChI=1S/C13H13N3S/c1-2-5-12-14-8-9-16(12)13-15-10-6-3-4-7-11(10)17-13/h3-4,6-9H,2,5H2,1H3. The lowest BCUT2D eigenvalue weighted by molar-refractivity contribution is 0.807. The molecule has 0 aliphatic rings. The number of hydrogen-bond acceptors (Lipinski definition) is 3. The Labute approximate surface area is 104 Å². The van der Waals surface area contributed by atoms with Gasteiger partial charge in [-0.05, 0) is 18.6 Å². The molecule has 0 aliphatic carbocycles. The Bertz CT molecular complexity index is 606. The van der Waals surface area contributed by atoms with Crippen LogP contribution in [0.15, 0.2) is 36.7 Å². The zero-order chi connectivity index (χ0) is 11.7. The molecule has 3 nitrogen and oxygen atoms in total. The minimum absolute atomic E-state index is 0.989. The van der Waals surface area contributed by atoms with Gasteiger partial charge in [0.25, 0.3) is 0 Å². The van der Waals surface area contributed by atoms with Crippen LogP contribution in [0.1, 0.15) is 19.2 Å². The van der Waals surface area contributed by atoms with Crippen LogP contribution in [0.25, 0.3) is 15.3 Å². The van der Waals surface area contributed by atoms with Crippen LogP contribution in [-0.2, 0) is 6.42 Å². The summed E-state index contributed by atoms with van der Waals surface area (Å²) in [5, 5.41) is 1.01. The highest BCUT2D eigenvalue weighted by Crippen LogP contribution is 2.25. The molecule has 17 heavy (non-hydrogen) atoms. The summed E-state index contributed by atoms with van der Waals surface area (Å²) in [6, 6.07) is 8.22. The monoisotopic (exact) mass is 243 g/mol. The number of para-hydroxylation sites is 1. The SMILES string of the molecule is CCCc1nccn1-c1nc2ccccc2s1. The average Bonchev–Trinajstić information content (AvgIpc) is 2.94. The van der Waals surface area contributed by atoms with Gasteiger partial charge in [-0.3, -0.25) is 4.57 Å². The Hall–Kier alpha value is -1.68. The minimum Gasteiger partial charge on any atom is -0.279 e. The van der Waals surface area contributed by atoms with Gasteiger partial charge < -0.3 is 0 Å². The lowest BCUT2D eigenvalue weighted by Gasteiger charge is -2.01. The fourth-order valence-corrected chi connectivity index (χ4v) is 2.85. The van der Waals surface area contributed by atoms with Crippen molar-refractivity contribution in [2.24, 2.45) is 0 Å². The molecule has 0 saturated heterocycles. The van der Waals surface area contributed by atoms with Gasteiger partial charge in [0.05, 0.1) is 10.2 Å². The van der Waals surface area contributed by atoms with Gasteiger partial charge in [-0.15, -0.1) is 0 Å². The molecule has 0 fully saturated rings. The molecule has 0 atom stereocenters. The van der Waals surface area contributed by atoms with Crippen molar-refractivity contribution >= 4 is 21.6 Å². The van der Waals surface area contributed by atoms with E-state index < -0.39 is 0 Å². The van der Waals surface area contributed by atoms with E-state index in [0.717, 1.165) is 29.3 Å². The van der Waals surface area contributed by atoms with E-state index in [1.54, 1.807) is 11.3 Å². The Morgan fingerprint density at radius 1 is 1.29 bits per heavy atom. The van der Waals surface area contributed by atoms with E-state index in [1.165, 1.54) is 4.70 Å². The van der Waals surface area contributed by atoms with Gasteiger partial charge in [0, 0.05) is 18.8 Å². The summed E-state index contributed by atoms with van der Waals surface area (Å²) in [4.78, 5) is 9.02. The summed E-state index contributed by atoms with van der Waals surface area (Å²) in [5.74, 6) is 1.09. The van der Waals surface area contributed by atoms with Gasteiger partial charge in [-0.1, -0.05) is 30.4 Å². The average molecular weight is 243 g/mol. The highest BCUT2D eigenvalue weighted by atomic mass is 32.1. The predicted octanol–water partition coefficient (Wildman–Crippen LogP) is 3.43. The first-order valence-corrected chi connectivity index (χ1v) is 6.58. The topological polar surface area (TPSA) is 30.7 Å². The maximum Gasteiger partial charge on any atom is 0.196 e. The van der Waals surface area contributed by atoms with Gasteiger partial charge in [-0.25, -0.2) is 9.97 Å². The first kappa shape index (κ1) is 10.5. The molecule has 3 aromatic rings. The van der Waals surface area contributed by atoms with Crippen LogP contribution >= 0.6 is 11.3 Å². The Kier molecular flexibility index (Phi) is 2.65. The molecular weight excluding hydrogens is 230 g/mol. The van der Waals surface area contributed by atoms with E-state index in [9.17, 15) is 0 Å².